The summed E-state index contributed by atoms with van der Waals surface area (Å²) in [5, 5.41) is 11.6. The molecule has 1 aliphatic rings. The number of hydrogen-bond acceptors (Lipinski definition) is 4. The van der Waals surface area contributed by atoms with Crippen LogP contribution in [-0.4, -0.2) is 29.5 Å². The molecular weight excluding hydrogens is 342 g/mol. The maximum atomic E-state index is 11.6. The average Bonchev–Trinajstić information content (AvgIpc) is 2.65. The molecule has 1 heterocycles. The molecule has 5 nitrogen and oxygen atoms in total. The van der Waals surface area contributed by atoms with Crippen LogP contribution in [0.5, 0.6) is 0 Å². The van der Waals surface area contributed by atoms with Gasteiger partial charge in [-0.3, -0.25) is 10.1 Å². The van der Waals surface area contributed by atoms with Crippen LogP contribution in [0.2, 0.25) is 0 Å². The molecule has 0 bridgehead atoms. The minimum absolute atomic E-state index is 0.0135. The summed E-state index contributed by atoms with van der Waals surface area (Å²) in [7, 11) is 0. The smallest absolute Gasteiger partial charge is 0.286 e. The van der Waals surface area contributed by atoms with Gasteiger partial charge in [-0.1, -0.05) is 69.4 Å². The van der Waals surface area contributed by atoms with E-state index in [9.17, 15) is 10.1 Å². The van der Waals surface area contributed by atoms with Gasteiger partial charge in [0.2, 0.25) is 0 Å². The molecule has 1 aliphatic heterocycles. The lowest BCUT2D eigenvalue weighted by Gasteiger charge is -2.36. The first-order valence-corrected chi connectivity index (χ1v) is 10.1. The minimum Gasteiger partial charge on any atom is -0.343 e. The lowest BCUT2D eigenvalue weighted by Crippen LogP contribution is -2.54. The van der Waals surface area contributed by atoms with Crippen LogP contribution in [-0.2, 0) is 15.9 Å². The van der Waals surface area contributed by atoms with Crippen molar-refractivity contribution in [3.63, 3.8) is 0 Å². The fraction of sp³-hybridized carbons (Fsp3) is 0.636. The molecule has 5 heteroatoms. The highest BCUT2D eigenvalue weighted by Gasteiger charge is 2.48. The van der Waals surface area contributed by atoms with Gasteiger partial charge in [0.05, 0.1) is 0 Å². The zero-order valence-corrected chi connectivity index (χ0v) is 16.9. The molecule has 0 spiro atoms. The predicted molar refractivity (Wildman–Crippen MR) is 108 cm³/mol. The van der Waals surface area contributed by atoms with E-state index in [1.165, 1.54) is 44.1 Å². The third kappa shape index (κ3) is 6.74. The summed E-state index contributed by atoms with van der Waals surface area (Å²) < 4.78 is 11.0. The molecular formula is C22H33NO4. The van der Waals surface area contributed by atoms with Crippen LogP contribution in [0.15, 0.2) is 30.3 Å². The van der Waals surface area contributed by atoms with Gasteiger partial charge in [-0.15, -0.1) is 0 Å². The Morgan fingerprint density at radius 2 is 1.63 bits per heavy atom. The minimum atomic E-state index is -1.33. The maximum Gasteiger partial charge on any atom is 0.286 e. The van der Waals surface area contributed by atoms with Crippen LogP contribution in [0.3, 0.4) is 0 Å². The first kappa shape index (κ1) is 21.6. The third-order valence-corrected chi connectivity index (χ3v) is 5.09. The molecule has 0 atom stereocenters. The lowest BCUT2D eigenvalue weighted by molar-refractivity contribution is -0.580. The summed E-state index contributed by atoms with van der Waals surface area (Å²) in [6, 6.07) is 8.26. The van der Waals surface area contributed by atoms with Crippen molar-refractivity contribution in [2.45, 2.75) is 77.0 Å². The van der Waals surface area contributed by atoms with E-state index in [4.69, 9.17) is 9.47 Å². The Kier molecular flexibility index (Phi) is 7.99. The molecule has 0 saturated carbocycles. The number of aryl methyl sites for hydroxylation is 1. The van der Waals surface area contributed by atoms with Crippen molar-refractivity contribution < 1.29 is 14.4 Å². The highest BCUT2D eigenvalue weighted by atomic mass is 16.7. The summed E-state index contributed by atoms with van der Waals surface area (Å²) in [4.78, 5) is 11.3. The van der Waals surface area contributed by atoms with Crippen molar-refractivity contribution >= 4 is 6.08 Å². The Hall–Kier alpha value is -1.72. The van der Waals surface area contributed by atoms with Gasteiger partial charge in [0.25, 0.3) is 5.54 Å². The van der Waals surface area contributed by atoms with Crippen molar-refractivity contribution in [1.29, 1.82) is 0 Å². The second-order valence-corrected chi connectivity index (χ2v) is 7.93. The zero-order chi connectivity index (χ0) is 19.8. The van der Waals surface area contributed by atoms with E-state index in [0.29, 0.717) is 0 Å². The molecule has 27 heavy (non-hydrogen) atoms. The van der Waals surface area contributed by atoms with E-state index in [-0.39, 0.29) is 18.1 Å². The number of nitro groups is 1. The van der Waals surface area contributed by atoms with Crippen LogP contribution in [0, 0.1) is 10.1 Å². The standard InChI is InChI=1S/C22H33NO4/c1-4-5-6-7-8-9-10-19-11-13-20(14-12-19)15-16-22(23(24)25)17-26-21(2,3)27-18-22/h11-16H,4-10,17-18H2,1-3H3/b16-15+. The Bertz CT molecular complexity index is 612. The molecule has 0 aliphatic carbocycles. The van der Waals surface area contributed by atoms with Crippen LogP contribution >= 0.6 is 0 Å². The number of rotatable bonds is 10. The quantitative estimate of drug-likeness (QED) is 0.312. The zero-order valence-electron chi connectivity index (χ0n) is 16.9. The molecule has 1 saturated heterocycles. The molecule has 0 radical (unpaired) electrons. The van der Waals surface area contributed by atoms with Crippen molar-refractivity contribution in [3.05, 3.63) is 51.6 Å². The number of unbranched alkanes of at least 4 members (excludes halogenated alkanes) is 5. The molecule has 150 valence electrons. The molecule has 1 fully saturated rings. The Morgan fingerprint density at radius 3 is 2.22 bits per heavy atom. The van der Waals surface area contributed by atoms with E-state index < -0.39 is 11.3 Å². The van der Waals surface area contributed by atoms with Crippen LogP contribution in [0.25, 0.3) is 6.08 Å². The highest BCUT2D eigenvalue weighted by Crippen LogP contribution is 2.27. The SMILES string of the molecule is CCCCCCCCc1ccc(/C=C/C2([N+](=O)[O-])COC(C)(C)OC2)cc1. The summed E-state index contributed by atoms with van der Waals surface area (Å²) >= 11 is 0. The fourth-order valence-electron chi connectivity index (χ4n) is 3.10. The summed E-state index contributed by atoms with van der Waals surface area (Å²) in [5.74, 6) is -0.772. The predicted octanol–water partition coefficient (Wildman–Crippen LogP) is 5.40. The molecule has 0 N–H and O–H groups in total. The van der Waals surface area contributed by atoms with E-state index in [2.05, 4.69) is 19.1 Å². The van der Waals surface area contributed by atoms with Gasteiger partial charge >= 0.3 is 0 Å². The monoisotopic (exact) mass is 375 g/mol. The topological polar surface area (TPSA) is 61.6 Å². The Morgan fingerprint density at radius 1 is 1.04 bits per heavy atom. The Balaban J connectivity index is 1.88. The third-order valence-electron chi connectivity index (χ3n) is 5.09. The molecule has 0 aromatic heterocycles. The van der Waals surface area contributed by atoms with Crippen molar-refractivity contribution in [2.24, 2.45) is 0 Å². The maximum absolute atomic E-state index is 11.6. The number of benzene rings is 1. The molecule has 1 aromatic carbocycles. The first-order valence-electron chi connectivity index (χ1n) is 10.1. The van der Waals surface area contributed by atoms with Crippen LogP contribution in [0.1, 0.15) is 70.4 Å². The number of nitrogens with zero attached hydrogens (tertiary/aromatic N) is 1. The molecule has 0 amide bonds. The number of ether oxygens (including phenoxy) is 2. The van der Waals surface area contributed by atoms with Crippen LogP contribution in [0.4, 0.5) is 0 Å². The summed E-state index contributed by atoms with van der Waals surface area (Å²) in [6.07, 6.45) is 12.3. The fourth-order valence-corrected chi connectivity index (χ4v) is 3.10. The molecule has 0 unspecified atom stereocenters. The van der Waals surface area contributed by atoms with Crippen molar-refractivity contribution in [1.82, 2.24) is 0 Å². The van der Waals surface area contributed by atoms with Gasteiger partial charge in [-0.25, -0.2) is 0 Å². The Labute approximate surface area is 162 Å². The second kappa shape index (κ2) is 10.00. The highest BCUT2D eigenvalue weighted by molar-refractivity contribution is 5.51. The average molecular weight is 376 g/mol. The van der Waals surface area contributed by atoms with E-state index in [1.807, 2.05) is 12.1 Å². The van der Waals surface area contributed by atoms with E-state index >= 15 is 0 Å². The van der Waals surface area contributed by atoms with E-state index in [0.717, 1.165) is 12.0 Å². The van der Waals surface area contributed by atoms with Crippen molar-refractivity contribution in [3.8, 4) is 0 Å². The van der Waals surface area contributed by atoms with Gasteiger partial charge in [-0.2, -0.15) is 0 Å². The summed E-state index contributed by atoms with van der Waals surface area (Å²) in [5.41, 5.74) is 0.942. The van der Waals surface area contributed by atoms with Gasteiger partial charge < -0.3 is 9.47 Å². The first-order chi connectivity index (χ1) is 12.9. The molecule has 1 aromatic rings. The summed E-state index contributed by atoms with van der Waals surface area (Å²) in [6.45, 7) is 5.80. The van der Waals surface area contributed by atoms with Gasteiger partial charge in [0, 0.05) is 4.92 Å². The second-order valence-electron chi connectivity index (χ2n) is 7.93. The lowest BCUT2D eigenvalue weighted by atomic mass is 9.98. The normalized spacial score (nSPS) is 18.6. The van der Waals surface area contributed by atoms with Crippen LogP contribution < -0.4 is 0 Å². The number of hydrogen-bond donors (Lipinski definition) is 0. The van der Waals surface area contributed by atoms with Gasteiger partial charge in [-0.05, 0) is 43.9 Å². The molecule has 2 rings (SSSR count). The van der Waals surface area contributed by atoms with Crippen molar-refractivity contribution in [2.75, 3.05) is 13.2 Å². The van der Waals surface area contributed by atoms with Gasteiger partial charge in [0.1, 0.15) is 13.2 Å². The van der Waals surface area contributed by atoms with Gasteiger partial charge in [0.15, 0.2) is 5.79 Å². The largest absolute Gasteiger partial charge is 0.343 e. The van der Waals surface area contributed by atoms with E-state index in [1.54, 1.807) is 26.0 Å².